The van der Waals surface area contributed by atoms with Crippen LogP contribution in [0.15, 0.2) is 48.5 Å². The number of thiazole rings is 1. The van der Waals surface area contributed by atoms with Crippen LogP contribution in [0.5, 0.6) is 0 Å². The average Bonchev–Trinajstić information content (AvgIpc) is 3.15. The highest BCUT2D eigenvalue weighted by atomic mass is 32.1. The van der Waals surface area contributed by atoms with Crippen LogP contribution in [0.3, 0.4) is 0 Å². The zero-order valence-corrected chi connectivity index (χ0v) is 18.1. The maximum absolute atomic E-state index is 13.1. The van der Waals surface area contributed by atoms with Crippen molar-refractivity contribution in [2.75, 3.05) is 31.1 Å². The normalized spacial score (nSPS) is 14.3. The van der Waals surface area contributed by atoms with Crippen molar-refractivity contribution in [3.8, 4) is 10.6 Å². The van der Waals surface area contributed by atoms with E-state index in [2.05, 4.69) is 72.3 Å². The Kier molecular flexibility index (Phi) is 5.67. The predicted molar refractivity (Wildman–Crippen MR) is 121 cm³/mol. The topological polar surface area (TPSA) is 36.4 Å². The third-order valence-corrected chi connectivity index (χ3v) is 6.73. The molecule has 0 radical (unpaired) electrons. The fourth-order valence-corrected chi connectivity index (χ4v) is 4.78. The minimum Gasteiger partial charge on any atom is -0.368 e. The number of hydrogen-bond acceptors (Lipinski definition) is 4. The van der Waals surface area contributed by atoms with Crippen LogP contribution >= 0.6 is 11.3 Å². The van der Waals surface area contributed by atoms with E-state index in [1.54, 1.807) is 0 Å². The fourth-order valence-electron chi connectivity index (χ4n) is 3.74. The number of rotatable bonds is 4. The number of aryl methyl sites for hydroxylation is 3. The number of aromatic nitrogens is 1. The number of anilines is 1. The molecule has 1 fully saturated rings. The molecule has 0 atom stereocenters. The van der Waals surface area contributed by atoms with Gasteiger partial charge in [-0.2, -0.15) is 0 Å². The highest BCUT2D eigenvalue weighted by molar-refractivity contribution is 7.17. The smallest absolute Gasteiger partial charge is 0.265 e. The molecule has 2 heterocycles. The van der Waals surface area contributed by atoms with Gasteiger partial charge in [0.05, 0.1) is 5.69 Å². The second kappa shape index (κ2) is 8.37. The molecule has 0 N–H and O–H groups in total. The van der Waals surface area contributed by atoms with Crippen molar-refractivity contribution in [1.82, 2.24) is 9.88 Å². The lowest BCUT2D eigenvalue weighted by Crippen LogP contribution is -2.48. The lowest BCUT2D eigenvalue weighted by atomic mass is 10.1. The van der Waals surface area contributed by atoms with Crippen molar-refractivity contribution in [3.63, 3.8) is 0 Å². The Balaban J connectivity index is 1.45. The summed E-state index contributed by atoms with van der Waals surface area (Å²) in [4.78, 5) is 22.9. The SMILES string of the molecule is CCc1ccc(-c2nc(C)c(C(=O)N3CCN(c4cccc(C)c4)CC3)s2)cc1. The number of carbonyl (C=O) groups is 1. The summed E-state index contributed by atoms with van der Waals surface area (Å²) < 4.78 is 0. The minimum atomic E-state index is 0.111. The summed E-state index contributed by atoms with van der Waals surface area (Å²) in [5.41, 5.74) is 5.73. The largest absolute Gasteiger partial charge is 0.368 e. The van der Waals surface area contributed by atoms with Crippen LogP contribution in [-0.4, -0.2) is 42.0 Å². The van der Waals surface area contributed by atoms with Crippen LogP contribution in [0.2, 0.25) is 0 Å². The molecule has 5 heteroatoms. The van der Waals surface area contributed by atoms with Gasteiger partial charge in [0.2, 0.25) is 0 Å². The number of benzene rings is 2. The van der Waals surface area contributed by atoms with Crippen molar-refractivity contribution in [3.05, 3.63) is 70.2 Å². The summed E-state index contributed by atoms with van der Waals surface area (Å²) in [5.74, 6) is 0.111. The molecule has 1 aliphatic heterocycles. The molecule has 29 heavy (non-hydrogen) atoms. The van der Waals surface area contributed by atoms with Crippen molar-refractivity contribution in [2.24, 2.45) is 0 Å². The molecular weight excluding hydrogens is 378 g/mol. The van der Waals surface area contributed by atoms with Gasteiger partial charge < -0.3 is 9.80 Å². The first kappa shape index (κ1) is 19.6. The number of amides is 1. The number of hydrogen-bond donors (Lipinski definition) is 0. The highest BCUT2D eigenvalue weighted by Gasteiger charge is 2.25. The van der Waals surface area contributed by atoms with Crippen LogP contribution in [0.25, 0.3) is 10.6 Å². The first-order valence-electron chi connectivity index (χ1n) is 10.2. The van der Waals surface area contributed by atoms with E-state index in [1.165, 1.54) is 28.2 Å². The molecule has 1 aromatic heterocycles. The summed E-state index contributed by atoms with van der Waals surface area (Å²) >= 11 is 1.51. The highest BCUT2D eigenvalue weighted by Crippen LogP contribution is 2.29. The zero-order valence-electron chi connectivity index (χ0n) is 17.3. The van der Waals surface area contributed by atoms with Gasteiger partial charge in [0.1, 0.15) is 9.88 Å². The third-order valence-electron chi connectivity index (χ3n) is 5.53. The van der Waals surface area contributed by atoms with Gasteiger partial charge in [0.15, 0.2) is 0 Å². The van der Waals surface area contributed by atoms with E-state index >= 15 is 0 Å². The Labute approximate surface area is 176 Å². The molecule has 0 unspecified atom stereocenters. The van der Waals surface area contributed by atoms with E-state index in [-0.39, 0.29) is 5.91 Å². The Morgan fingerprint density at radius 1 is 1.03 bits per heavy atom. The molecule has 4 nitrogen and oxygen atoms in total. The molecule has 1 saturated heterocycles. The average molecular weight is 406 g/mol. The molecule has 1 aliphatic rings. The van der Waals surface area contributed by atoms with Crippen molar-refractivity contribution in [1.29, 1.82) is 0 Å². The van der Waals surface area contributed by atoms with Crippen molar-refractivity contribution >= 4 is 22.9 Å². The standard InChI is InChI=1S/C24H27N3OS/c1-4-19-8-10-20(11-9-19)23-25-18(3)22(29-23)24(28)27-14-12-26(13-15-27)21-7-5-6-17(2)16-21/h5-11,16H,4,12-15H2,1-3H3. The molecule has 0 saturated carbocycles. The van der Waals surface area contributed by atoms with Crippen LogP contribution in [0.4, 0.5) is 5.69 Å². The van der Waals surface area contributed by atoms with Gasteiger partial charge >= 0.3 is 0 Å². The Morgan fingerprint density at radius 2 is 1.76 bits per heavy atom. The van der Waals surface area contributed by atoms with E-state index in [0.717, 1.165) is 53.7 Å². The lowest BCUT2D eigenvalue weighted by Gasteiger charge is -2.36. The molecule has 1 amide bonds. The molecule has 2 aromatic carbocycles. The summed E-state index contributed by atoms with van der Waals surface area (Å²) in [5, 5.41) is 0.923. The summed E-state index contributed by atoms with van der Waals surface area (Å²) in [7, 11) is 0. The van der Waals surface area contributed by atoms with Gasteiger partial charge in [0.25, 0.3) is 5.91 Å². The van der Waals surface area contributed by atoms with Crippen molar-refractivity contribution < 1.29 is 4.79 Å². The van der Waals surface area contributed by atoms with Crippen LogP contribution in [0.1, 0.15) is 33.4 Å². The van der Waals surface area contributed by atoms with E-state index < -0.39 is 0 Å². The fraction of sp³-hybridized carbons (Fsp3) is 0.333. The quantitative estimate of drug-likeness (QED) is 0.616. The first-order chi connectivity index (χ1) is 14.0. The molecule has 3 aromatic rings. The third kappa shape index (κ3) is 4.20. The maximum atomic E-state index is 13.1. The monoisotopic (exact) mass is 405 g/mol. The summed E-state index contributed by atoms with van der Waals surface area (Å²) in [6, 6.07) is 17.0. The van der Waals surface area contributed by atoms with Gasteiger partial charge in [-0.1, -0.05) is 43.3 Å². The number of nitrogens with zero attached hydrogens (tertiary/aromatic N) is 3. The zero-order chi connectivity index (χ0) is 20.4. The molecule has 0 spiro atoms. The van der Waals surface area contributed by atoms with Gasteiger partial charge in [-0.25, -0.2) is 4.98 Å². The van der Waals surface area contributed by atoms with Crippen LogP contribution in [0, 0.1) is 13.8 Å². The van der Waals surface area contributed by atoms with Gasteiger partial charge in [-0.15, -0.1) is 11.3 Å². The molecular formula is C24H27N3OS. The van der Waals surface area contributed by atoms with Crippen LogP contribution < -0.4 is 4.90 Å². The lowest BCUT2D eigenvalue weighted by molar-refractivity contribution is 0.0750. The maximum Gasteiger partial charge on any atom is 0.265 e. The molecule has 4 rings (SSSR count). The predicted octanol–water partition coefficient (Wildman–Crippen LogP) is 4.95. The number of carbonyl (C=O) groups excluding carboxylic acids is 1. The molecule has 0 aliphatic carbocycles. The second-order valence-corrected chi connectivity index (χ2v) is 8.60. The summed E-state index contributed by atoms with van der Waals surface area (Å²) in [6.07, 6.45) is 1.02. The van der Waals surface area contributed by atoms with E-state index in [4.69, 9.17) is 0 Å². The van der Waals surface area contributed by atoms with Crippen LogP contribution in [-0.2, 0) is 6.42 Å². The molecule has 150 valence electrons. The molecule has 0 bridgehead atoms. The van der Waals surface area contributed by atoms with E-state index in [1.807, 2.05) is 11.8 Å². The second-order valence-electron chi connectivity index (χ2n) is 7.60. The van der Waals surface area contributed by atoms with Gasteiger partial charge in [0, 0.05) is 37.4 Å². The van der Waals surface area contributed by atoms with Gasteiger partial charge in [-0.05, 0) is 43.5 Å². The number of piperazine rings is 1. The first-order valence-corrected chi connectivity index (χ1v) is 11.0. The van der Waals surface area contributed by atoms with E-state index in [0.29, 0.717) is 0 Å². The van der Waals surface area contributed by atoms with Crippen molar-refractivity contribution in [2.45, 2.75) is 27.2 Å². The van der Waals surface area contributed by atoms with E-state index in [9.17, 15) is 4.79 Å². The summed E-state index contributed by atoms with van der Waals surface area (Å²) in [6.45, 7) is 9.41. The Hall–Kier alpha value is -2.66. The minimum absolute atomic E-state index is 0.111. The Morgan fingerprint density at radius 3 is 2.41 bits per heavy atom. The Bertz CT molecular complexity index is 1000. The van der Waals surface area contributed by atoms with Gasteiger partial charge in [-0.3, -0.25) is 4.79 Å².